The molecule has 0 saturated carbocycles. The summed E-state index contributed by atoms with van der Waals surface area (Å²) in [6.07, 6.45) is 10.4. The Kier molecular flexibility index (Phi) is 4.81. The molecule has 1 aliphatic heterocycles. The molecule has 0 radical (unpaired) electrons. The van der Waals surface area contributed by atoms with Crippen molar-refractivity contribution in [2.45, 2.75) is 51.9 Å². The summed E-state index contributed by atoms with van der Waals surface area (Å²) in [6, 6.07) is 0. The first kappa shape index (κ1) is 13.6. The number of allylic oxidation sites excluding steroid dienone is 1. The molecule has 1 amide bonds. The summed E-state index contributed by atoms with van der Waals surface area (Å²) in [7, 11) is 0. The number of carbonyl (C=O) groups is 1. The van der Waals surface area contributed by atoms with Gasteiger partial charge in [-0.25, -0.2) is 0 Å². The topological polar surface area (TPSA) is 41.1 Å². The first-order valence-electron chi connectivity index (χ1n) is 7.44. The van der Waals surface area contributed by atoms with E-state index in [-0.39, 0.29) is 11.3 Å². The molecule has 2 N–H and O–H groups in total. The minimum absolute atomic E-state index is 0.138. The molecule has 18 heavy (non-hydrogen) atoms. The molecule has 2 aliphatic rings. The molecule has 0 spiro atoms. The van der Waals surface area contributed by atoms with Crippen LogP contribution in [-0.4, -0.2) is 25.5 Å². The molecule has 1 unspecified atom stereocenters. The van der Waals surface area contributed by atoms with E-state index < -0.39 is 0 Å². The van der Waals surface area contributed by atoms with Crippen LogP contribution < -0.4 is 10.6 Å². The van der Waals surface area contributed by atoms with Gasteiger partial charge in [0, 0.05) is 13.1 Å². The average Bonchev–Trinajstić information content (AvgIpc) is 2.90. The quantitative estimate of drug-likeness (QED) is 0.736. The van der Waals surface area contributed by atoms with Crippen molar-refractivity contribution in [1.29, 1.82) is 0 Å². The first-order valence-corrected chi connectivity index (χ1v) is 7.44. The highest BCUT2D eigenvalue weighted by Gasteiger charge is 2.39. The van der Waals surface area contributed by atoms with Crippen molar-refractivity contribution < 1.29 is 4.79 Å². The molecule has 1 heterocycles. The van der Waals surface area contributed by atoms with Crippen LogP contribution in [0.4, 0.5) is 0 Å². The summed E-state index contributed by atoms with van der Waals surface area (Å²) in [5.74, 6) is 0.256. The van der Waals surface area contributed by atoms with Crippen molar-refractivity contribution in [1.82, 2.24) is 10.6 Å². The molecule has 102 valence electrons. The third-order valence-electron chi connectivity index (χ3n) is 4.52. The van der Waals surface area contributed by atoms with Crippen LogP contribution in [0.25, 0.3) is 0 Å². The monoisotopic (exact) mass is 250 g/mol. The smallest absolute Gasteiger partial charge is 0.227 e. The average molecular weight is 250 g/mol. The lowest BCUT2D eigenvalue weighted by Crippen LogP contribution is -2.42. The Balaban J connectivity index is 1.75. The summed E-state index contributed by atoms with van der Waals surface area (Å²) in [5, 5.41) is 6.46. The fraction of sp³-hybridized carbons (Fsp3) is 0.800. The lowest BCUT2D eigenvalue weighted by Gasteiger charge is -2.25. The molecular formula is C15H26N2O. The third kappa shape index (κ3) is 3.14. The molecule has 3 nitrogen and oxygen atoms in total. The zero-order chi connectivity index (χ0) is 12.8. The minimum Gasteiger partial charge on any atom is -0.355 e. The summed E-state index contributed by atoms with van der Waals surface area (Å²) in [6.45, 7) is 4.76. The molecule has 2 rings (SSSR count). The second-order valence-corrected chi connectivity index (χ2v) is 5.67. The normalized spacial score (nSPS) is 27.9. The van der Waals surface area contributed by atoms with Gasteiger partial charge in [-0.2, -0.15) is 0 Å². The lowest BCUT2D eigenvalue weighted by molar-refractivity contribution is -0.130. The molecule has 1 atom stereocenters. The molecule has 0 aromatic heterocycles. The second kappa shape index (κ2) is 6.37. The Morgan fingerprint density at radius 1 is 1.50 bits per heavy atom. The Morgan fingerprint density at radius 3 is 3.00 bits per heavy atom. The third-order valence-corrected chi connectivity index (χ3v) is 4.52. The number of hydrogen-bond acceptors (Lipinski definition) is 2. The Hall–Kier alpha value is -0.830. The van der Waals surface area contributed by atoms with Crippen LogP contribution in [-0.2, 0) is 4.79 Å². The summed E-state index contributed by atoms with van der Waals surface area (Å²) >= 11 is 0. The SMILES string of the molecule is CCC1(C(=O)NCCC2=CCCCC2)CCNC1. The maximum atomic E-state index is 12.3. The van der Waals surface area contributed by atoms with Crippen molar-refractivity contribution in [3.8, 4) is 0 Å². The number of rotatable bonds is 5. The van der Waals surface area contributed by atoms with E-state index in [1.807, 2.05) is 0 Å². The number of hydrogen-bond donors (Lipinski definition) is 2. The van der Waals surface area contributed by atoms with Crippen molar-refractivity contribution in [2.24, 2.45) is 5.41 Å². The van der Waals surface area contributed by atoms with Crippen LogP contribution >= 0.6 is 0 Å². The van der Waals surface area contributed by atoms with Crippen LogP contribution in [0.5, 0.6) is 0 Å². The number of nitrogens with one attached hydrogen (secondary N) is 2. The van der Waals surface area contributed by atoms with Crippen LogP contribution in [0.2, 0.25) is 0 Å². The molecular weight excluding hydrogens is 224 g/mol. The van der Waals surface area contributed by atoms with Crippen LogP contribution in [0.1, 0.15) is 51.9 Å². The lowest BCUT2D eigenvalue weighted by atomic mass is 9.83. The summed E-state index contributed by atoms with van der Waals surface area (Å²) in [5.41, 5.74) is 1.40. The zero-order valence-electron chi connectivity index (χ0n) is 11.6. The second-order valence-electron chi connectivity index (χ2n) is 5.67. The maximum absolute atomic E-state index is 12.3. The van der Waals surface area contributed by atoms with Crippen LogP contribution in [0, 0.1) is 5.41 Å². The van der Waals surface area contributed by atoms with Gasteiger partial charge in [-0.3, -0.25) is 4.79 Å². The molecule has 0 aromatic rings. The van der Waals surface area contributed by atoms with Gasteiger partial charge < -0.3 is 10.6 Å². The summed E-state index contributed by atoms with van der Waals surface area (Å²) < 4.78 is 0. The van der Waals surface area contributed by atoms with Gasteiger partial charge in [-0.05, 0) is 51.5 Å². The van der Waals surface area contributed by atoms with Crippen LogP contribution in [0.3, 0.4) is 0 Å². The first-order chi connectivity index (χ1) is 8.77. The Bertz CT molecular complexity index is 316. The van der Waals surface area contributed by atoms with E-state index in [9.17, 15) is 4.79 Å². The van der Waals surface area contributed by atoms with Gasteiger partial charge in [-0.15, -0.1) is 0 Å². The van der Waals surface area contributed by atoms with Gasteiger partial charge in [0.05, 0.1) is 5.41 Å². The fourth-order valence-corrected chi connectivity index (χ4v) is 3.06. The van der Waals surface area contributed by atoms with Gasteiger partial charge in [0.25, 0.3) is 0 Å². The van der Waals surface area contributed by atoms with Gasteiger partial charge >= 0.3 is 0 Å². The highest BCUT2D eigenvalue weighted by atomic mass is 16.2. The van der Waals surface area contributed by atoms with Crippen LogP contribution in [0.15, 0.2) is 11.6 Å². The van der Waals surface area contributed by atoms with E-state index in [0.29, 0.717) is 0 Å². The highest BCUT2D eigenvalue weighted by molar-refractivity contribution is 5.83. The fourth-order valence-electron chi connectivity index (χ4n) is 3.06. The standard InChI is InChI=1S/C15H26N2O/c1-2-15(9-11-16-12-15)14(18)17-10-8-13-6-4-3-5-7-13/h6,16H,2-5,7-12H2,1H3,(H,17,18). The zero-order valence-corrected chi connectivity index (χ0v) is 11.6. The number of amides is 1. The predicted molar refractivity (Wildman–Crippen MR) is 74.4 cm³/mol. The molecule has 0 bridgehead atoms. The van der Waals surface area contributed by atoms with E-state index in [0.717, 1.165) is 38.9 Å². The Morgan fingerprint density at radius 2 is 2.39 bits per heavy atom. The Labute approximate surface area is 110 Å². The van der Waals surface area contributed by atoms with E-state index in [2.05, 4.69) is 23.6 Å². The van der Waals surface area contributed by atoms with Crippen molar-refractivity contribution >= 4 is 5.91 Å². The van der Waals surface area contributed by atoms with E-state index in [4.69, 9.17) is 0 Å². The van der Waals surface area contributed by atoms with Gasteiger partial charge in [0.2, 0.25) is 5.91 Å². The van der Waals surface area contributed by atoms with E-state index >= 15 is 0 Å². The molecule has 0 aromatic carbocycles. The highest BCUT2D eigenvalue weighted by Crippen LogP contribution is 2.29. The van der Waals surface area contributed by atoms with Crippen molar-refractivity contribution in [3.63, 3.8) is 0 Å². The number of carbonyl (C=O) groups excluding carboxylic acids is 1. The van der Waals surface area contributed by atoms with Crippen molar-refractivity contribution in [2.75, 3.05) is 19.6 Å². The molecule has 3 heteroatoms. The van der Waals surface area contributed by atoms with E-state index in [1.165, 1.54) is 31.3 Å². The van der Waals surface area contributed by atoms with Gasteiger partial charge in [0.15, 0.2) is 0 Å². The maximum Gasteiger partial charge on any atom is 0.227 e. The molecule has 1 aliphatic carbocycles. The molecule has 1 fully saturated rings. The van der Waals surface area contributed by atoms with E-state index in [1.54, 1.807) is 0 Å². The molecule has 1 saturated heterocycles. The van der Waals surface area contributed by atoms with Crippen molar-refractivity contribution in [3.05, 3.63) is 11.6 Å². The van der Waals surface area contributed by atoms with Gasteiger partial charge in [-0.1, -0.05) is 18.6 Å². The summed E-state index contributed by atoms with van der Waals surface area (Å²) in [4.78, 5) is 12.3. The minimum atomic E-state index is -0.138. The predicted octanol–water partition coefficient (Wildman–Crippen LogP) is 2.38. The van der Waals surface area contributed by atoms with Gasteiger partial charge in [0.1, 0.15) is 0 Å². The largest absolute Gasteiger partial charge is 0.355 e.